The van der Waals surface area contributed by atoms with E-state index in [2.05, 4.69) is 10.3 Å². The maximum atomic E-state index is 12.1. The highest BCUT2D eigenvalue weighted by molar-refractivity contribution is 7.99. The van der Waals surface area contributed by atoms with Gasteiger partial charge >= 0.3 is 0 Å². The van der Waals surface area contributed by atoms with Crippen LogP contribution in [-0.4, -0.2) is 51.5 Å². The average molecular weight is 348 g/mol. The van der Waals surface area contributed by atoms with Crippen molar-refractivity contribution in [3.8, 4) is 0 Å². The highest BCUT2D eigenvalue weighted by atomic mass is 32.2. The van der Waals surface area contributed by atoms with Gasteiger partial charge in [0.25, 0.3) is 0 Å². The molecule has 0 radical (unpaired) electrons. The fraction of sp³-hybridized carbons (Fsp3) is 0.471. The smallest absolute Gasteiger partial charge is 0.239 e. The second-order valence-electron chi connectivity index (χ2n) is 6.17. The topological polar surface area (TPSA) is 66.7 Å². The molecule has 1 N–H and O–H groups in total. The number of carbonyl (C=O) groups is 2. The Labute approximate surface area is 146 Å². The number of imidazole rings is 1. The lowest BCUT2D eigenvalue weighted by atomic mass is 10.3. The van der Waals surface area contributed by atoms with E-state index in [1.807, 2.05) is 49.7 Å². The molecule has 2 amide bonds. The number of amides is 2. The van der Waals surface area contributed by atoms with Crippen LogP contribution in [-0.2, 0) is 15.3 Å². The molecule has 0 atom stereocenters. The lowest BCUT2D eigenvalue weighted by Crippen LogP contribution is -2.41. The quantitative estimate of drug-likeness (QED) is 0.829. The highest BCUT2D eigenvalue weighted by Gasteiger charge is 2.13. The van der Waals surface area contributed by atoms with E-state index in [0.29, 0.717) is 11.5 Å². The largest absolute Gasteiger partial charge is 0.352 e. The molecule has 6 nitrogen and oxygen atoms in total. The van der Waals surface area contributed by atoms with Gasteiger partial charge in [0, 0.05) is 31.2 Å². The van der Waals surface area contributed by atoms with E-state index in [1.54, 1.807) is 7.05 Å². The summed E-state index contributed by atoms with van der Waals surface area (Å²) in [5.74, 6) is 0.803. The molecule has 0 saturated carbocycles. The second kappa shape index (κ2) is 8.19. The normalized spacial score (nSPS) is 11.0. The van der Waals surface area contributed by atoms with E-state index in [1.165, 1.54) is 22.2 Å². The number of pyridine rings is 1. The van der Waals surface area contributed by atoms with Gasteiger partial charge in [0.2, 0.25) is 11.8 Å². The van der Waals surface area contributed by atoms with Gasteiger partial charge in [-0.1, -0.05) is 6.07 Å². The average Bonchev–Trinajstić information content (AvgIpc) is 2.87. The molecule has 0 aliphatic carbocycles. The van der Waals surface area contributed by atoms with Crippen molar-refractivity contribution in [2.24, 2.45) is 0 Å². The molecule has 0 saturated heterocycles. The van der Waals surface area contributed by atoms with Crippen LogP contribution >= 0.6 is 11.8 Å². The van der Waals surface area contributed by atoms with Gasteiger partial charge in [-0.2, -0.15) is 0 Å². The third-order valence-electron chi connectivity index (χ3n) is 3.38. The van der Waals surface area contributed by atoms with Crippen LogP contribution in [0, 0.1) is 6.92 Å². The van der Waals surface area contributed by atoms with E-state index in [-0.39, 0.29) is 24.4 Å². The van der Waals surface area contributed by atoms with Crippen molar-refractivity contribution in [1.29, 1.82) is 0 Å². The predicted octanol–water partition coefficient (Wildman–Crippen LogP) is 1.86. The molecule has 0 aromatic carbocycles. The first kappa shape index (κ1) is 18.3. The van der Waals surface area contributed by atoms with Crippen LogP contribution in [0.25, 0.3) is 5.65 Å². The number of rotatable bonds is 7. The zero-order valence-electron chi connectivity index (χ0n) is 14.6. The van der Waals surface area contributed by atoms with Gasteiger partial charge in [0.1, 0.15) is 5.65 Å². The Kier molecular flexibility index (Phi) is 6.25. The summed E-state index contributed by atoms with van der Waals surface area (Å²) in [4.78, 5) is 29.7. The van der Waals surface area contributed by atoms with Gasteiger partial charge in [-0.25, -0.2) is 4.98 Å². The second-order valence-corrected chi connectivity index (χ2v) is 7.15. The van der Waals surface area contributed by atoms with Gasteiger partial charge in [-0.3, -0.25) is 9.59 Å². The van der Waals surface area contributed by atoms with Crippen molar-refractivity contribution in [2.45, 2.75) is 32.6 Å². The molecule has 0 fully saturated rings. The van der Waals surface area contributed by atoms with Gasteiger partial charge in [0.15, 0.2) is 0 Å². The number of nitrogens with one attached hydrogen (secondary N) is 1. The fourth-order valence-electron chi connectivity index (χ4n) is 2.25. The molecule has 2 heterocycles. The summed E-state index contributed by atoms with van der Waals surface area (Å²) in [7, 11) is 1.65. The molecule has 130 valence electrons. The molecular weight excluding hydrogens is 324 g/mol. The van der Waals surface area contributed by atoms with Crippen molar-refractivity contribution in [1.82, 2.24) is 19.6 Å². The van der Waals surface area contributed by atoms with Gasteiger partial charge in [-0.15, -0.1) is 11.8 Å². The van der Waals surface area contributed by atoms with Crippen molar-refractivity contribution in [3.05, 3.63) is 35.8 Å². The molecule has 0 aliphatic rings. The number of fused-ring (bicyclic) bond motifs is 1. The maximum absolute atomic E-state index is 12.1. The van der Waals surface area contributed by atoms with Crippen molar-refractivity contribution < 1.29 is 9.59 Å². The Morgan fingerprint density at radius 2 is 2.08 bits per heavy atom. The molecule has 0 spiro atoms. The van der Waals surface area contributed by atoms with E-state index in [9.17, 15) is 9.59 Å². The van der Waals surface area contributed by atoms with Crippen molar-refractivity contribution >= 4 is 29.2 Å². The summed E-state index contributed by atoms with van der Waals surface area (Å²) >= 11 is 1.50. The first-order valence-corrected chi connectivity index (χ1v) is 9.06. The van der Waals surface area contributed by atoms with E-state index >= 15 is 0 Å². The molecular formula is C17H24N4O2S. The minimum atomic E-state index is -0.137. The fourth-order valence-corrected chi connectivity index (χ4v) is 3.09. The Balaban J connectivity index is 1.79. The van der Waals surface area contributed by atoms with E-state index in [0.717, 1.165) is 11.3 Å². The zero-order valence-corrected chi connectivity index (χ0v) is 15.4. The lowest BCUT2D eigenvalue weighted by molar-refractivity contribution is -0.132. The number of likely N-dealkylation sites (N-methyl/N-ethyl adjacent to an activating group) is 1. The maximum Gasteiger partial charge on any atom is 0.239 e. The minimum absolute atomic E-state index is 0.0569. The van der Waals surface area contributed by atoms with Crippen LogP contribution in [0.5, 0.6) is 0 Å². The number of thioether (sulfide) groups is 1. The molecule has 2 aromatic rings. The molecule has 2 aromatic heterocycles. The summed E-state index contributed by atoms with van der Waals surface area (Å²) in [5.41, 5.74) is 3.03. The molecule has 2 rings (SSSR count). The third-order valence-corrected chi connectivity index (χ3v) is 4.33. The van der Waals surface area contributed by atoms with Gasteiger partial charge in [0.05, 0.1) is 18.0 Å². The first-order chi connectivity index (χ1) is 11.3. The highest BCUT2D eigenvalue weighted by Crippen LogP contribution is 2.14. The van der Waals surface area contributed by atoms with E-state index in [4.69, 9.17) is 0 Å². The summed E-state index contributed by atoms with van der Waals surface area (Å²) < 4.78 is 2.00. The summed E-state index contributed by atoms with van der Waals surface area (Å²) in [6.07, 6.45) is 4.02. The monoisotopic (exact) mass is 348 g/mol. The first-order valence-electron chi connectivity index (χ1n) is 7.90. The number of carbonyl (C=O) groups excluding carboxylic acids is 2. The zero-order chi connectivity index (χ0) is 17.7. The number of nitrogens with zero attached hydrogens (tertiary/aromatic N) is 3. The third kappa shape index (κ3) is 5.26. The molecule has 0 bridgehead atoms. The minimum Gasteiger partial charge on any atom is -0.352 e. The Bertz CT molecular complexity index is 726. The molecule has 0 aliphatic heterocycles. The van der Waals surface area contributed by atoms with Gasteiger partial charge < -0.3 is 14.6 Å². The van der Waals surface area contributed by atoms with Crippen molar-refractivity contribution in [3.63, 3.8) is 0 Å². The van der Waals surface area contributed by atoms with Crippen LogP contribution in [0.3, 0.4) is 0 Å². The van der Waals surface area contributed by atoms with E-state index < -0.39 is 0 Å². The van der Waals surface area contributed by atoms with Crippen molar-refractivity contribution in [2.75, 3.05) is 19.3 Å². The summed E-state index contributed by atoms with van der Waals surface area (Å²) in [6, 6.07) is 4.09. The number of aromatic nitrogens is 2. The number of hydrogen-bond donors (Lipinski definition) is 1. The van der Waals surface area contributed by atoms with Crippen LogP contribution in [0.15, 0.2) is 24.5 Å². The number of aryl methyl sites for hydroxylation is 1. The Morgan fingerprint density at radius 3 is 2.79 bits per heavy atom. The Morgan fingerprint density at radius 1 is 1.33 bits per heavy atom. The lowest BCUT2D eigenvalue weighted by Gasteiger charge is -2.17. The van der Waals surface area contributed by atoms with Crippen LogP contribution in [0.4, 0.5) is 0 Å². The SMILES string of the molecule is Cc1ccc2nc(CSCC(=O)N(C)CC(=O)NC(C)C)cn2c1. The van der Waals surface area contributed by atoms with Crippen LogP contribution in [0.2, 0.25) is 0 Å². The summed E-state index contributed by atoms with van der Waals surface area (Å²) in [5, 5.41) is 2.78. The molecule has 0 unspecified atom stereocenters. The molecule has 7 heteroatoms. The Hall–Kier alpha value is -2.02. The van der Waals surface area contributed by atoms with Crippen LogP contribution < -0.4 is 5.32 Å². The summed E-state index contributed by atoms with van der Waals surface area (Å²) in [6.45, 7) is 5.92. The number of hydrogen-bond acceptors (Lipinski definition) is 4. The molecule has 24 heavy (non-hydrogen) atoms. The van der Waals surface area contributed by atoms with Gasteiger partial charge in [-0.05, 0) is 32.4 Å². The standard InChI is InChI=1S/C17H24N4O2S/c1-12(2)18-16(22)9-20(4)17(23)11-24-10-14-8-21-7-13(3)5-6-15(21)19-14/h5-8,12H,9-11H2,1-4H3,(H,18,22). The predicted molar refractivity (Wildman–Crippen MR) is 97.0 cm³/mol. The van der Waals surface area contributed by atoms with Crippen LogP contribution in [0.1, 0.15) is 25.1 Å².